The molecule has 0 saturated carbocycles. The molecule has 27 heavy (non-hydrogen) atoms. The fraction of sp³-hybridized carbons (Fsp3) is 0.333. The van der Waals surface area contributed by atoms with E-state index in [-0.39, 0.29) is 12.5 Å². The van der Waals surface area contributed by atoms with E-state index in [2.05, 4.69) is 12.0 Å². The lowest BCUT2D eigenvalue weighted by Gasteiger charge is -2.15. The van der Waals surface area contributed by atoms with E-state index in [9.17, 15) is 4.79 Å². The highest BCUT2D eigenvalue weighted by Gasteiger charge is 2.18. The molecule has 0 aliphatic heterocycles. The van der Waals surface area contributed by atoms with Crippen LogP contribution in [0.1, 0.15) is 40.1 Å². The summed E-state index contributed by atoms with van der Waals surface area (Å²) in [6, 6.07) is 11.4. The van der Waals surface area contributed by atoms with Gasteiger partial charge in [-0.1, -0.05) is 19.1 Å². The number of nitrogens with zero attached hydrogens (tertiary/aromatic N) is 3. The molecule has 142 valence electrons. The van der Waals surface area contributed by atoms with Gasteiger partial charge in [0.2, 0.25) is 0 Å². The van der Waals surface area contributed by atoms with Gasteiger partial charge in [-0.15, -0.1) is 0 Å². The zero-order valence-electron chi connectivity index (χ0n) is 16.2. The maximum Gasteiger partial charge on any atom is 0.289 e. The predicted octanol–water partition coefficient (Wildman–Crippen LogP) is 3.74. The van der Waals surface area contributed by atoms with E-state index in [1.807, 2.05) is 38.2 Å². The highest BCUT2D eigenvalue weighted by molar-refractivity contribution is 5.91. The third-order valence-corrected chi connectivity index (χ3v) is 4.68. The SMILES string of the molecule is CCc1ccc(OCc2ccc(C(=O)N(C)Cc3cnn(C)c3C)o2)cc1. The van der Waals surface area contributed by atoms with Crippen molar-refractivity contribution in [1.82, 2.24) is 14.7 Å². The number of amides is 1. The van der Waals surface area contributed by atoms with Crippen LogP contribution in [0.25, 0.3) is 0 Å². The molecule has 0 atom stereocenters. The number of aryl methyl sites for hydroxylation is 2. The molecule has 0 aliphatic rings. The third kappa shape index (κ3) is 4.39. The van der Waals surface area contributed by atoms with Crippen LogP contribution in [-0.2, 0) is 26.6 Å². The van der Waals surface area contributed by atoms with Gasteiger partial charge in [-0.3, -0.25) is 9.48 Å². The van der Waals surface area contributed by atoms with Gasteiger partial charge in [-0.05, 0) is 43.2 Å². The second kappa shape index (κ2) is 8.12. The average molecular weight is 367 g/mol. The Morgan fingerprint density at radius 1 is 1.22 bits per heavy atom. The van der Waals surface area contributed by atoms with Gasteiger partial charge in [-0.2, -0.15) is 5.10 Å². The van der Waals surface area contributed by atoms with Crippen molar-refractivity contribution in [3.8, 4) is 5.75 Å². The Kier molecular flexibility index (Phi) is 5.64. The summed E-state index contributed by atoms with van der Waals surface area (Å²) in [6.45, 7) is 4.86. The zero-order valence-corrected chi connectivity index (χ0v) is 16.2. The van der Waals surface area contributed by atoms with E-state index in [1.165, 1.54) is 5.56 Å². The number of carbonyl (C=O) groups is 1. The molecule has 3 aromatic rings. The van der Waals surface area contributed by atoms with Crippen molar-refractivity contribution in [2.24, 2.45) is 7.05 Å². The minimum atomic E-state index is -0.170. The maximum atomic E-state index is 12.6. The van der Waals surface area contributed by atoms with Crippen molar-refractivity contribution >= 4 is 5.91 Å². The van der Waals surface area contributed by atoms with Crippen LogP contribution in [0.3, 0.4) is 0 Å². The minimum absolute atomic E-state index is 0.170. The van der Waals surface area contributed by atoms with E-state index in [0.717, 1.165) is 23.4 Å². The summed E-state index contributed by atoms with van der Waals surface area (Å²) < 4.78 is 13.2. The van der Waals surface area contributed by atoms with Crippen LogP contribution >= 0.6 is 0 Å². The molecule has 0 radical (unpaired) electrons. The summed E-state index contributed by atoms with van der Waals surface area (Å²) in [5, 5.41) is 4.21. The molecule has 0 aliphatic carbocycles. The number of carbonyl (C=O) groups excluding carboxylic acids is 1. The zero-order chi connectivity index (χ0) is 19.4. The van der Waals surface area contributed by atoms with Crippen LogP contribution in [-0.4, -0.2) is 27.6 Å². The fourth-order valence-corrected chi connectivity index (χ4v) is 2.76. The second-order valence-corrected chi connectivity index (χ2v) is 6.59. The van der Waals surface area contributed by atoms with E-state index >= 15 is 0 Å². The molecule has 1 aromatic carbocycles. The molecule has 6 nitrogen and oxygen atoms in total. The predicted molar refractivity (Wildman–Crippen MR) is 103 cm³/mol. The Morgan fingerprint density at radius 2 is 1.96 bits per heavy atom. The highest BCUT2D eigenvalue weighted by Crippen LogP contribution is 2.17. The Labute approximate surface area is 159 Å². The number of aromatic nitrogens is 2. The summed E-state index contributed by atoms with van der Waals surface area (Å²) >= 11 is 0. The number of benzene rings is 1. The van der Waals surface area contributed by atoms with Crippen LogP contribution in [0.5, 0.6) is 5.75 Å². The normalized spacial score (nSPS) is 10.8. The Hall–Kier alpha value is -3.02. The number of furan rings is 1. The van der Waals surface area contributed by atoms with E-state index in [0.29, 0.717) is 18.1 Å². The van der Waals surface area contributed by atoms with Crippen LogP contribution in [0.2, 0.25) is 0 Å². The lowest BCUT2D eigenvalue weighted by Crippen LogP contribution is -2.26. The Bertz CT molecular complexity index is 909. The van der Waals surface area contributed by atoms with Gasteiger partial charge in [0.15, 0.2) is 5.76 Å². The Balaban J connectivity index is 1.58. The monoisotopic (exact) mass is 367 g/mol. The maximum absolute atomic E-state index is 12.6. The van der Waals surface area contributed by atoms with Crippen LogP contribution < -0.4 is 4.74 Å². The average Bonchev–Trinajstić information content (AvgIpc) is 3.28. The first kappa shape index (κ1) is 18.8. The van der Waals surface area contributed by atoms with Crippen LogP contribution in [0, 0.1) is 6.92 Å². The molecule has 0 bridgehead atoms. The number of hydrogen-bond donors (Lipinski definition) is 0. The van der Waals surface area contributed by atoms with Crippen molar-refractivity contribution in [2.45, 2.75) is 33.4 Å². The summed E-state index contributed by atoms with van der Waals surface area (Å²) in [5.41, 5.74) is 3.32. The summed E-state index contributed by atoms with van der Waals surface area (Å²) in [7, 11) is 3.64. The molecule has 1 amide bonds. The summed E-state index contributed by atoms with van der Waals surface area (Å²) in [5.74, 6) is 1.53. The Morgan fingerprint density at radius 3 is 2.59 bits per heavy atom. The number of rotatable bonds is 7. The molecule has 0 N–H and O–H groups in total. The van der Waals surface area contributed by atoms with E-state index in [4.69, 9.17) is 9.15 Å². The number of hydrogen-bond acceptors (Lipinski definition) is 4. The lowest BCUT2D eigenvalue weighted by atomic mass is 10.2. The largest absolute Gasteiger partial charge is 0.486 e. The van der Waals surface area contributed by atoms with Gasteiger partial charge in [0.05, 0.1) is 6.20 Å². The third-order valence-electron chi connectivity index (χ3n) is 4.68. The van der Waals surface area contributed by atoms with Gasteiger partial charge in [0.25, 0.3) is 5.91 Å². The van der Waals surface area contributed by atoms with Gasteiger partial charge < -0.3 is 14.1 Å². The van der Waals surface area contributed by atoms with E-state index in [1.54, 1.807) is 35.0 Å². The van der Waals surface area contributed by atoms with Crippen LogP contribution in [0.15, 0.2) is 47.0 Å². The molecule has 2 heterocycles. The first-order valence-electron chi connectivity index (χ1n) is 9.01. The van der Waals surface area contributed by atoms with Crippen molar-refractivity contribution in [3.63, 3.8) is 0 Å². The number of ether oxygens (including phenoxy) is 1. The van der Waals surface area contributed by atoms with Crippen LogP contribution in [0.4, 0.5) is 0 Å². The molecule has 0 saturated heterocycles. The topological polar surface area (TPSA) is 60.5 Å². The van der Waals surface area contributed by atoms with Gasteiger partial charge in [0, 0.05) is 31.9 Å². The quantitative estimate of drug-likeness (QED) is 0.638. The molecule has 0 unspecified atom stereocenters. The molecular formula is C21H25N3O3. The minimum Gasteiger partial charge on any atom is -0.486 e. The second-order valence-electron chi connectivity index (χ2n) is 6.59. The summed E-state index contributed by atoms with van der Waals surface area (Å²) in [4.78, 5) is 14.2. The highest BCUT2D eigenvalue weighted by atomic mass is 16.5. The van der Waals surface area contributed by atoms with Crippen molar-refractivity contribution < 1.29 is 13.9 Å². The molecule has 0 fully saturated rings. The first-order valence-corrected chi connectivity index (χ1v) is 9.01. The molecule has 2 aromatic heterocycles. The smallest absolute Gasteiger partial charge is 0.289 e. The lowest BCUT2D eigenvalue weighted by molar-refractivity contribution is 0.0749. The molecular weight excluding hydrogens is 342 g/mol. The fourth-order valence-electron chi connectivity index (χ4n) is 2.76. The van der Waals surface area contributed by atoms with Gasteiger partial charge >= 0.3 is 0 Å². The standard InChI is InChI=1S/C21H25N3O3/c1-5-16-6-8-18(9-7-16)26-14-19-10-11-20(27-19)21(25)23(3)13-17-12-22-24(4)15(17)2/h6-12H,5,13-14H2,1-4H3. The van der Waals surface area contributed by atoms with Crippen molar-refractivity contribution in [2.75, 3.05) is 7.05 Å². The van der Waals surface area contributed by atoms with E-state index < -0.39 is 0 Å². The molecule has 6 heteroatoms. The van der Waals surface area contributed by atoms with Crippen molar-refractivity contribution in [3.05, 3.63) is 70.9 Å². The summed E-state index contributed by atoms with van der Waals surface area (Å²) in [6.07, 6.45) is 2.78. The van der Waals surface area contributed by atoms with Gasteiger partial charge in [-0.25, -0.2) is 0 Å². The molecule has 3 rings (SSSR count). The first-order chi connectivity index (χ1) is 13.0. The van der Waals surface area contributed by atoms with Crippen molar-refractivity contribution in [1.29, 1.82) is 0 Å². The van der Waals surface area contributed by atoms with Gasteiger partial charge in [0.1, 0.15) is 18.1 Å². The molecule has 0 spiro atoms.